The maximum Gasteiger partial charge on any atom is 0.0935 e. The van der Waals surface area contributed by atoms with Crippen LogP contribution in [0.2, 0.25) is 0 Å². The van der Waals surface area contributed by atoms with Gasteiger partial charge in [-0.3, -0.25) is 0 Å². The maximum absolute atomic E-state index is 5.15. The molecule has 19 heavy (non-hydrogen) atoms. The first kappa shape index (κ1) is 16.3. The Balaban J connectivity index is 2.08. The fourth-order valence-corrected chi connectivity index (χ4v) is 2.61. The smallest absolute Gasteiger partial charge is 0.0935 e. The summed E-state index contributed by atoms with van der Waals surface area (Å²) in [5, 5.41) is 3.59. The molecule has 110 valence electrons. The van der Waals surface area contributed by atoms with Crippen molar-refractivity contribution in [1.82, 2.24) is 5.32 Å². The lowest BCUT2D eigenvalue weighted by atomic mass is 10.0. The summed E-state index contributed by atoms with van der Waals surface area (Å²) in [6.07, 6.45) is 15.7. The molecule has 0 bridgehead atoms. The SMILES string of the molecule is CCCCCCCCCC(Cc1ccoc1)NCC. The van der Waals surface area contributed by atoms with Crippen LogP contribution in [0.4, 0.5) is 0 Å². The number of likely N-dealkylation sites (N-methyl/N-ethyl adjacent to an activating group) is 1. The van der Waals surface area contributed by atoms with Crippen LogP contribution < -0.4 is 5.32 Å². The van der Waals surface area contributed by atoms with E-state index in [4.69, 9.17) is 4.42 Å². The fourth-order valence-electron chi connectivity index (χ4n) is 2.61. The van der Waals surface area contributed by atoms with Crippen LogP contribution in [-0.4, -0.2) is 12.6 Å². The first-order valence-electron chi connectivity index (χ1n) is 8.11. The minimum Gasteiger partial charge on any atom is -0.472 e. The molecular formula is C17H31NO. The van der Waals surface area contributed by atoms with E-state index in [1.165, 1.54) is 56.9 Å². The molecule has 0 spiro atoms. The Morgan fingerprint density at radius 2 is 1.79 bits per heavy atom. The number of furan rings is 1. The van der Waals surface area contributed by atoms with Gasteiger partial charge in [-0.05, 0) is 31.0 Å². The summed E-state index contributed by atoms with van der Waals surface area (Å²) in [6, 6.07) is 2.69. The monoisotopic (exact) mass is 265 g/mol. The van der Waals surface area contributed by atoms with Crippen molar-refractivity contribution in [2.45, 2.75) is 77.7 Å². The molecule has 2 nitrogen and oxygen atoms in total. The molecule has 0 aliphatic carbocycles. The third-order valence-electron chi connectivity index (χ3n) is 3.71. The molecule has 0 aromatic carbocycles. The molecule has 1 unspecified atom stereocenters. The summed E-state index contributed by atoms with van der Waals surface area (Å²) >= 11 is 0. The van der Waals surface area contributed by atoms with Crippen molar-refractivity contribution in [3.05, 3.63) is 24.2 Å². The molecule has 1 N–H and O–H groups in total. The van der Waals surface area contributed by atoms with E-state index in [0.717, 1.165) is 13.0 Å². The lowest BCUT2D eigenvalue weighted by Crippen LogP contribution is -2.30. The van der Waals surface area contributed by atoms with Crippen molar-refractivity contribution in [3.63, 3.8) is 0 Å². The third kappa shape index (κ3) is 8.10. The van der Waals surface area contributed by atoms with Gasteiger partial charge in [0.25, 0.3) is 0 Å². The van der Waals surface area contributed by atoms with E-state index < -0.39 is 0 Å². The highest BCUT2D eigenvalue weighted by Gasteiger charge is 2.08. The van der Waals surface area contributed by atoms with Gasteiger partial charge >= 0.3 is 0 Å². The van der Waals surface area contributed by atoms with Gasteiger partial charge in [0, 0.05) is 6.04 Å². The molecule has 0 saturated carbocycles. The summed E-state index contributed by atoms with van der Waals surface area (Å²) < 4.78 is 5.15. The molecule has 0 fully saturated rings. The molecule has 1 aromatic rings. The van der Waals surface area contributed by atoms with E-state index in [2.05, 4.69) is 25.2 Å². The summed E-state index contributed by atoms with van der Waals surface area (Å²) in [5.74, 6) is 0. The number of unbranched alkanes of at least 4 members (excludes halogenated alkanes) is 6. The maximum atomic E-state index is 5.15. The van der Waals surface area contributed by atoms with Crippen LogP contribution in [0.25, 0.3) is 0 Å². The van der Waals surface area contributed by atoms with Gasteiger partial charge in [0.2, 0.25) is 0 Å². The topological polar surface area (TPSA) is 25.2 Å². The lowest BCUT2D eigenvalue weighted by Gasteiger charge is -2.16. The van der Waals surface area contributed by atoms with Crippen LogP contribution in [0.15, 0.2) is 23.0 Å². The van der Waals surface area contributed by atoms with Gasteiger partial charge < -0.3 is 9.73 Å². The van der Waals surface area contributed by atoms with E-state index in [0.29, 0.717) is 6.04 Å². The minimum absolute atomic E-state index is 0.609. The van der Waals surface area contributed by atoms with Crippen LogP contribution in [0.1, 0.15) is 70.8 Å². The molecular weight excluding hydrogens is 234 g/mol. The normalized spacial score (nSPS) is 12.7. The lowest BCUT2D eigenvalue weighted by molar-refractivity contribution is 0.456. The minimum atomic E-state index is 0.609. The van der Waals surface area contributed by atoms with E-state index in [-0.39, 0.29) is 0 Å². The largest absolute Gasteiger partial charge is 0.472 e. The predicted octanol–water partition coefficient (Wildman–Crippen LogP) is 4.94. The first-order valence-corrected chi connectivity index (χ1v) is 8.11. The highest BCUT2D eigenvalue weighted by molar-refractivity contribution is 5.07. The van der Waals surface area contributed by atoms with Crippen molar-refractivity contribution in [1.29, 1.82) is 0 Å². The standard InChI is InChI=1S/C17H31NO/c1-3-5-6-7-8-9-10-11-17(18-4-2)14-16-12-13-19-15-16/h12-13,15,17-18H,3-11,14H2,1-2H3. The molecule has 0 aliphatic heterocycles. The number of hydrogen-bond acceptors (Lipinski definition) is 2. The highest BCUT2D eigenvalue weighted by Crippen LogP contribution is 2.13. The highest BCUT2D eigenvalue weighted by atomic mass is 16.3. The van der Waals surface area contributed by atoms with Gasteiger partial charge in [0.1, 0.15) is 0 Å². The van der Waals surface area contributed by atoms with Crippen molar-refractivity contribution in [3.8, 4) is 0 Å². The Hall–Kier alpha value is -0.760. The van der Waals surface area contributed by atoms with Crippen LogP contribution in [-0.2, 0) is 6.42 Å². The second-order valence-corrected chi connectivity index (χ2v) is 5.50. The van der Waals surface area contributed by atoms with Crippen molar-refractivity contribution < 1.29 is 4.42 Å². The summed E-state index contributed by atoms with van der Waals surface area (Å²) in [4.78, 5) is 0. The Labute approximate surface area is 119 Å². The number of hydrogen-bond donors (Lipinski definition) is 1. The van der Waals surface area contributed by atoms with Gasteiger partial charge in [-0.2, -0.15) is 0 Å². The molecule has 1 atom stereocenters. The van der Waals surface area contributed by atoms with Gasteiger partial charge in [0.05, 0.1) is 12.5 Å². The Morgan fingerprint density at radius 1 is 1.05 bits per heavy atom. The van der Waals surface area contributed by atoms with Crippen molar-refractivity contribution in [2.75, 3.05) is 6.54 Å². The molecule has 1 aromatic heterocycles. The Bertz CT molecular complexity index is 281. The van der Waals surface area contributed by atoms with Crippen molar-refractivity contribution in [2.24, 2.45) is 0 Å². The zero-order valence-corrected chi connectivity index (χ0v) is 12.8. The average Bonchev–Trinajstić information content (AvgIpc) is 2.91. The number of nitrogens with one attached hydrogen (secondary N) is 1. The molecule has 1 heterocycles. The molecule has 0 radical (unpaired) electrons. The molecule has 2 heteroatoms. The zero-order chi connectivity index (χ0) is 13.8. The van der Waals surface area contributed by atoms with Gasteiger partial charge in [-0.1, -0.05) is 58.8 Å². The van der Waals surface area contributed by atoms with E-state index in [1.54, 1.807) is 6.26 Å². The quantitative estimate of drug-likeness (QED) is 0.541. The van der Waals surface area contributed by atoms with Crippen molar-refractivity contribution >= 4 is 0 Å². The van der Waals surface area contributed by atoms with E-state index >= 15 is 0 Å². The van der Waals surface area contributed by atoms with Crippen LogP contribution >= 0.6 is 0 Å². The molecule has 0 saturated heterocycles. The Morgan fingerprint density at radius 3 is 2.42 bits per heavy atom. The molecule has 1 rings (SSSR count). The molecule has 0 aliphatic rings. The summed E-state index contributed by atoms with van der Waals surface area (Å²) in [5.41, 5.74) is 1.31. The first-order chi connectivity index (χ1) is 9.36. The second-order valence-electron chi connectivity index (χ2n) is 5.50. The second kappa shape index (κ2) is 11.1. The third-order valence-corrected chi connectivity index (χ3v) is 3.71. The predicted molar refractivity (Wildman–Crippen MR) is 82.5 cm³/mol. The Kier molecular flexibility index (Phi) is 9.52. The summed E-state index contributed by atoms with van der Waals surface area (Å²) in [6.45, 7) is 5.52. The zero-order valence-electron chi connectivity index (χ0n) is 12.8. The van der Waals surface area contributed by atoms with Crippen LogP contribution in [0.5, 0.6) is 0 Å². The van der Waals surface area contributed by atoms with E-state index in [9.17, 15) is 0 Å². The number of rotatable bonds is 12. The van der Waals surface area contributed by atoms with E-state index in [1.807, 2.05) is 6.26 Å². The molecule has 0 amide bonds. The van der Waals surface area contributed by atoms with Gasteiger partial charge in [-0.15, -0.1) is 0 Å². The fraction of sp³-hybridized carbons (Fsp3) is 0.765. The van der Waals surface area contributed by atoms with Crippen LogP contribution in [0, 0.1) is 0 Å². The van der Waals surface area contributed by atoms with Crippen LogP contribution in [0.3, 0.4) is 0 Å². The average molecular weight is 265 g/mol. The van der Waals surface area contributed by atoms with Gasteiger partial charge in [-0.25, -0.2) is 0 Å². The summed E-state index contributed by atoms with van der Waals surface area (Å²) in [7, 11) is 0. The van der Waals surface area contributed by atoms with Gasteiger partial charge in [0.15, 0.2) is 0 Å².